The van der Waals surface area contributed by atoms with E-state index in [9.17, 15) is 0 Å². The molecule has 0 bridgehead atoms. The summed E-state index contributed by atoms with van der Waals surface area (Å²) in [6.45, 7) is 0.800. The maximum absolute atomic E-state index is 5.72. The van der Waals surface area contributed by atoms with Crippen LogP contribution in [-0.4, -0.2) is 24.2 Å². The van der Waals surface area contributed by atoms with Crippen LogP contribution in [0, 0.1) is 0 Å². The molecule has 0 spiro atoms. The SMILES string of the molecule is COc1ncccc1CNC1CC(N)C1. The summed E-state index contributed by atoms with van der Waals surface area (Å²) >= 11 is 0. The molecule has 2 rings (SSSR count). The molecule has 0 unspecified atom stereocenters. The first kappa shape index (κ1) is 10.4. The number of ether oxygens (including phenoxy) is 1. The van der Waals surface area contributed by atoms with Gasteiger partial charge in [-0.05, 0) is 18.9 Å². The van der Waals surface area contributed by atoms with Crippen molar-refractivity contribution in [3.05, 3.63) is 23.9 Å². The zero-order chi connectivity index (χ0) is 10.7. The van der Waals surface area contributed by atoms with Gasteiger partial charge in [-0.3, -0.25) is 0 Å². The van der Waals surface area contributed by atoms with Gasteiger partial charge < -0.3 is 15.8 Å². The summed E-state index contributed by atoms with van der Waals surface area (Å²) in [6.07, 6.45) is 3.88. The number of nitrogens with one attached hydrogen (secondary N) is 1. The Hall–Kier alpha value is -1.13. The van der Waals surface area contributed by atoms with Gasteiger partial charge in [-0.25, -0.2) is 4.98 Å². The Morgan fingerprint density at radius 2 is 2.40 bits per heavy atom. The predicted octanol–water partition coefficient (Wildman–Crippen LogP) is 0.669. The number of aromatic nitrogens is 1. The van der Waals surface area contributed by atoms with Gasteiger partial charge in [-0.2, -0.15) is 0 Å². The molecular weight excluding hydrogens is 190 g/mol. The minimum absolute atomic E-state index is 0.387. The van der Waals surface area contributed by atoms with Crippen LogP contribution in [-0.2, 0) is 6.54 Å². The van der Waals surface area contributed by atoms with E-state index in [1.54, 1.807) is 13.3 Å². The van der Waals surface area contributed by atoms with E-state index < -0.39 is 0 Å². The van der Waals surface area contributed by atoms with Gasteiger partial charge >= 0.3 is 0 Å². The average molecular weight is 207 g/mol. The van der Waals surface area contributed by atoms with Crippen molar-refractivity contribution in [2.75, 3.05) is 7.11 Å². The van der Waals surface area contributed by atoms with Crippen molar-refractivity contribution in [1.82, 2.24) is 10.3 Å². The molecular formula is C11H17N3O. The lowest BCUT2D eigenvalue weighted by atomic mass is 9.87. The summed E-state index contributed by atoms with van der Waals surface area (Å²) in [6, 6.07) is 4.90. The Labute approximate surface area is 89.8 Å². The van der Waals surface area contributed by atoms with E-state index in [-0.39, 0.29) is 0 Å². The van der Waals surface area contributed by atoms with Crippen LogP contribution in [0.1, 0.15) is 18.4 Å². The number of nitrogens with two attached hydrogens (primary N) is 1. The molecule has 0 aromatic carbocycles. The zero-order valence-corrected chi connectivity index (χ0v) is 8.94. The molecule has 1 aromatic rings. The molecule has 1 aliphatic rings. The third-order valence-corrected chi connectivity index (χ3v) is 2.80. The second kappa shape index (κ2) is 4.59. The smallest absolute Gasteiger partial charge is 0.217 e. The molecule has 0 amide bonds. The van der Waals surface area contributed by atoms with Crippen LogP contribution in [0.4, 0.5) is 0 Å². The molecule has 3 N–H and O–H groups in total. The quantitative estimate of drug-likeness (QED) is 0.762. The van der Waals surface area contributed by atoms with Crippen LogP contribution < -0.4 is 15.8 Å². The van der Waals surface area contributed by atoms with Gasteiger partial charge in [0.1, 0.15) is 0 Å². The van der Waals surface area contributed by atoms with E-state index in [4.69, 9.17) is 10.5 Å². The lowest BCUT2D eigenvalue weighted by Gasteiger charge is -2.33. The summed E-state index contributed by atoms with van der Waals surface area (Å²) in [5.74, 6) is 0.702. The van der Waals surface area contributed by atoms with Crippen LogP contribution in [0.25, 0.3) is 0 Å². The Bertz CT molecular complexity index is 323. The maximum Gasteiger partial charge on any atom is 0.217 e. The number of methoxy groups -OCH3 is 1. The van der Waals surface area contributed by atoms with Crippen molar-refractivity contribution >= 4 is 0 Å². The van der Waals surface area contributed by atoms with E-state index >= 15 is 0 Å². The van der Waals surface area contributed by atoms with Crippen molar-refractivity contribution in [3.8, 4) is 5.88 Å². The minimum Gasteiger partial charge on any atom is -0.481 e. The van der Waals surface area contributed by atoms with E-state index in [1.165, 1.54) is 0 Å². The summed E-state index contributed by atoms with van der Waals surface area (Å²) in [5, 5.41) is 3.44. The highest BCUT2D eigenvalue weighted by Crippen LogP contribution is 2.19. The third kappa shape index (κ3) is 2.46. The van der Waals surface area contributed by atoms with Crippen LogP contribution in [0.15, 0.2) is 18.3 Å². The highest BCUT2D eigenvalue weighted by molar-refractivity contribution is 5.25. The fourth-order valence-electron chi connectivity index (χ4n) is 1.83. The van der Waals surface area contributed by atoms with E-state index in [0.29, 0.717) is 18.0 Å². The lowest BCUT2D eigenvalue weighted by Crippen LogP contribution is -2.48. The number of nitrogens with zero attached hydrogens (tertiary/aromatic N) is 1. The molecule has 4 heteroatoms. The number of pyridine rings is 1. The third-order valence-electron chi connectivity index (χ3n) is 2.80. The van der Waals surface area contributed by atoms with Crippen molar-refractivity contribution in [2.45, 2.75) is 31.5 Å². The topological polar surface area (TPSA) is 60.2 Å². The van der Waals surface area contributed by atoms with Crippen LogP contribution in [0.2, 0.25) is 0 Å². The molecule has 4 nitrogen and oxygen atoms in total. The van der Waals surface area contributed by atoms with Gasteiger partial charge in [0.15, 0.2) is 0 Å². The average Bonchev–Trinajstić information content (AvgIpc) is 2.23. The number of hydrogen-bond acceptors (Lipinski definition) is 4. The molecule has 1 aromatic heterocycles. The van der Waals surface area contributed by atoms with Gasteiger partial charge in [0.2, 0.25) is 5.88 Å². The predicted molar refractivity (Wildman–Crippen MR) is 58.6 cm³/mol. The fraction of sp³-hybridized carbons (Fsp3) is 0.545. The largest absolute Gasteiger partial charge is 0.481 e. The van der Waals surface area contributed by atoms with Crippen molar-refractivity contribution in [3.63, 3.8) is 0 Å². The van der Waals surface area contributed by atoms with Gasteiger partial charge in [0.05, 0.1) is 7.11 Å². The lowest BCUT2D eigenvalue weighted by molar-refractivity contribution is 0.288. The zero-order valence-electron chi connectivity index (χ0n) is 8.94. The monoisotopic (exact) mass is 207 g/mol. The second-order valence-corrected chi connectivity index (χ2v) is 3.98. The first-order chi connectivity index (χ1) is 7.29. The van der Waals surface area contributed by atoms with Crippen molar-refractivity contribution in [2.24, 2.45) is 5.73 Å². The van der Waals surface area contributed by atoms with Gasteiger partial charge in [0.25, 0.3) is 0 Å². The standard InChI is InChI=1S/C11H17N3O/c1-15-11-8(3-2-4-13-11)7-14-10-5-9(12)6-10/h2-4,9-10,14H,5-7,12H2,1H3. The normalized spacial score (nSPS) is 24.7. The van der Waals surface area contributed by atoms with Crippen molar-refractivity contribution in [1.29, 1.82) is 0 Å². The summed E-state index contributed by atoms with van der Waals surface area (Å²) in [4.78, 5) is 4.15. The highest BCUT2D eigenvalue weighted by atomic mass is 16.5. The van der Waals surface area contributed by atoms with E-state index in [2.05, 4.69) is 10.3 Å². The Morgan fingerprint density at radius 1 is 1.60 bits per heavy atom. The second-order valence-electron chi connectivity index (χ2n) is 3.98. The first-order valence-corrected chi connectivity index (χ1v) is 5.26. The molecule has 0 aliphatic heterocycles. The molecule has 0 radical (unpaired) electrons. The Kier molecular flexibility index (Phi) is 3.18. The molecule has 1 saturated carbocycles. The molecule has 82 valence electrons. The van der Waals surface area contributed by atoms with Crippen LogP contribution >= 0.6 is 0 Å². The molecule has 1 heterocycles. The van der Waals surface area contributed by atoms with Crippen LogP contribution in [0.5, 0.6) is 5.88 Å². The van der Waals surface area contributed by atoms with Gasteiger partial charge in [0, 0.05) is 30.4 Å². The summed E-state index contributed by atoms with van der Waals surface area (Å²) in [7, 11) is 1.64. The van der Waals surface area contributed by atoms with Gasteiger partial charge in [-0.15, -0.1) is 0 Å². The summed E-state index contributed by atoms with van der Waals surface area (Å²) < 4.78 is 5.17. The molecule has 1 aliphatic carbocycles. The van der Waals surface area contributed by atoms with Crippen molar-refractivity contribution < 1.29 is 4.74 Å². The minimum atomic E-state index is 0.387. The Balaban J connectivity index is 1.87. The number of hydrogen-bond donors (Lipinski definition) is 2. The first-order valence-electron chi connectivity index (χ1n) is 5.26. The molecule has 0 atom stereocenters. The highest BCUT2D eigenvalue weighted by Gasteiger charge is 2.25. The summed E-state index contributed by atoms with van der Waals surface area (Å²) in [5.41, 5.74) is 6.81. The van der Waals surface area contributed by atoms with Crippen LogP contribution in [0.3, 0.4) is 0 Å². The maximum atomic E-state index is 5.72. The molecule has 1 fully saturated rings. The molecule has 15 heavy (non-hydrogen) atoms. The fourth-order valence-corrected chi connectivity index (χ4v) is 1.83. The Morgan fingerprint density at radius 3 is 3.07 bits per heavy atom. The van der Waals surface area contributed by atoms with E-state index in [1.807, 2.05) is 12.1 Å². The van der Waals surface area contributed by atoms with Gasteiger partial charge in [-0.1, -0.05) is 6.07 Å². The van der Waals surface area contributed by atoms with E-state index in [0.717, 1.165) is 24.9 Å². The molecule has 0 saturated heterocycles. The number of rotatable bonds is 4.